The van der Waals surface area contributed by atoms with Crippen molar-refractivity contribution in [3.8, 4) is 0 Å². The molecular weight excluding hydrogens is 242 g/mol. The average Bonchev–Trinajstić information content (AvgIpc) is 2.69. The maximum atomic E-state index is 11.2. The summed E-state index contributed by atoms with van der Waals surface area (Å²) >= 11 is 0. The number of hydrogen-bond donors (Lipinski definition) is 2. The molecule has 0 unspecified atom stereocenters. The van der Waals surface area contributed by atoms with Crippen LogP contribution in [-0.4, -0.2) is 39.3 Å². The van der Waals surface area contributed by atoms with Crippen molar-refractivity contribution in [2.75, 3.05) is 0 Å². The number of nitrogens with zero attached hydrogens (tertiary/aromatic N) is 1. The minimum Gasteiger partial charge on any atom is -0.481 e. The van der Waals surface area contributed by atoms with E-state index < -0.39 is 18.0 Å². The predicted molar refractivity (Wildman–Crippen MR) is 70.5 cm³/mol. The maximum Gasteiger partial charge on any atom is 0.309 e. The summed E-state index contributed by atoms with van der Waals surface area (Å²) in [7, 11) is 0. The third kappa shape index (κ3) is 2.26. The van der Waals surface area contributed by atoms with Gasteiger partial charge in [0.1, 0.15) is 0 Å². The van der Waals surface area contributed by atoms with Gasteiger partial charge in [0.25, 0.3) is 0 Å². The Balaban J connectivity index is 1.77. The van der Waals surface area contributed by atoms with Crippen molar-refractivity contribution in [2.24, 2.45) is 5.92 Å². The van der Waals surface area contributed by atoms with Crippen molar-refractivity contribution in [2.45, 2.75) is 44.0 Å². The fourth-order valence-electron chi connectivity index (χ4n) is 3.57. The molecule has 2 N–H and O–H groups in total. The molecule has 2 fully saturated rings. The number of carbonyl (C=O) groups is 1. The van der Waals surface area contributed by atoms with Gasteiger partial charge in [-0.05, 0) is 24.8 Å². The lowest BCUT2D eigenvalue weighted by Gasteiger charge is -2.41. The highest BCUT2D eigenvalue weighted by atomic mass is 16.4. The summed E-state index contributed by atoms with van der Waals surface area (Å²) in [5.41, 5.74) is 1.22. The number of hydrogen-bond acceptors (Lipinski definition) is 3. The fraction of sp³-hybridized carbons (Fsp3) is 0.533. The van der Waals surface area contributed by atoms with Gasteiger partial charge in [-0.15, -0.1) is 0 Å². The first kappa shape index (κ1) is 12.6. The van der Waals surface area contributed by atoms with E-state index in [1.165, 1.54) is 5.56 Å². The van der Waals surface area contributed by atoms with Crippen molar-refractivity contribution >= 4 is 5.97 Å². The summed E-state index contributed by atoms with van der Waals surface area (Å²) in [5, 5.41) is 19.4. The minimum atomic E-state index is -0.858. The van der Waals surface area contributed by atoms with Crippen LogP contribution in [0.25, 0.3) is 0 Å². The molecule has 4 nitrogen and oxygen atoms in total. The zero-order valence-corrected chi connectivity index (χ0v) is 10.8. The second-order valence-electron chi connectivity index (χ2n) is 5.63. The Bertz CT molecular complexity index is 462. The molecule has 4 atom stereocenters. The summed E-state index contributed by atoms with van der Waals surface area (Å²) in [5.74, 6) is -1.45. The van der Waals surface area contributed by atoms with Crippen LogP contribution in [0.1, 0.15) is 24.8 Å². The number of fused-ring (bicyclic) bond motifs is 2. The first-order chi connectivity index (χ1) is 9.16. The van der Waals surface area contributed by atoms with E-state index in [2.05, 4.69) is 17.0 Å². The molecule has 2 bridgehead atoms. The van der Waals surface area contributed by atoms with Gasteiger partial charge in [-0.3, -0.25) is 9.69 Å². The second-order valence-corrected chi connectivity index (χ2v) is 5.63. The van der Waals surface area contributed by atoms with E-state index in [1.54, 1.807) is 0 Å². The van der Waals surface area contributed by atoms with E-state index in [4.69, 9.17) is 5.11 Å². The lowest BCUT2D eigenvalue weighted by Crippen LogP contribution is -2.53. The third-order valence-corrected chi connectivity index (χ3v) is 4.55. The number of aliphatic hydroxyl groups excluding tert-OH is 1. The van der Waals surface area contributed by atoms with Gasteiger partial charge in [-0.2, -0.15) is 0 Å². The standard InChI is InChI=1S/C15H19NO3/c17-14-12(15(18)19)8-11-6-7-13(14)16(11)9-10-4-2-1-3-5-10/h1-5,11-14,17H,6-9H2,(H,18,19)/t11-,12-,13+,14-/m1/s1. The van der Waals surface area contributed by atoms with Crippen molar-refractivity contribution in [1.82, 2.24) is 4.90 Å². The minimum absolute atomic E-state index is 0.0000520. The molecule has 3 rings (SSSR count). The summed E-state index contributed by atoms with van der Waals surface area (Å²) in [6, 6.07) is 10.5. The zero-order chi connectivity index (χ0) is 13.4. The van der Waals surface area contributed by atoms with Gasteiger partial charge < -0.3 is 10.2 Å². The van der Waals surface area contributed by atoms with Gasteiger partial charge in [0.05, 0.1) is 12.0 Å². The van der Waals surface area contributed by atoms with Crippen LogP contribution < -0.4 is 0 Å². The Morgan fingerprint density at radius 1 is 1.26 bits per heavy atom. The highest BCUT2D eigenvalue weighted by Crippen LogP contribution is 2.39. The molecule has 2 aliphatic rings. The molecule has 0 saturated carbocycles. The van der Waals surface area contributed by atoms with Crippen molar-refractivity contribution in [3.05, 3.63) is 35.9 Å². The smallest absolute Gasteiger partial charge is 0.309 e. The molecule has 0 aromatic heterocycles. The molecule has 102 valence electrons. The molecule has 4 heteroatoms. The van der Waals surface area contributed by atoms with Crippen LogP contribution in [0.5, 0.6) is 0 Å². The van der Waals surface area contributed by atoms with Gasteiger partial charge in [0, 0.05) is 18.6 Å². The Morgan fingerprint density at radius 3 is 2.68 bits per heavy atom. The molecule has 0 amide bonds. The Kier molecular flexibility index (Phi) is 3.29. The predicted octanol–water partition coefficient (Wildman–Crippen LogP) is 1.48. The van der Waals surface area contributed by atoms with Crippen molar-refractivity contribution < 1.29 is 15.0 Å². The molecular formula is C15H19NO3. The van der Waals surface area contributed by atoms with Crippen LogP contribution in [0.15, 0.2) is 30.3 Å². The fourth-order valence-corrected chi connectivity index (χ4v) is 3.57. The number of aliphatic carboxylic acids is 1. The molecule has 1 aromatic rings. The first-order valence-corrected chi connectivity index (χ1v) is 6.87. The molecule has 0 aliphatic carbocycles. The topological polar surface area (TPSA) is 60.8 Å². The highest BCUT2D eigenvalue weighted by molar-refractivity contribution is 5.71. The van der Waals surface area contributed by atoms with E-state index in [0.29, 0.717) is 12.5 Å². The maximum absolute atomic E-state index is 11.2. The number of benzene rings is 1. The van der Waals surface area contributed by atoms with Crippen LogP contribution >= 0.6 is 0 Å². The van der Waals surface area contributed by atoms with E-state index in [9.17, 15) is 9.90 Å². The number of carboxylic acid groups (broad SMARTS) is 1. The Hall–Kier alpha value is -1.39. The molecule has 2 aliphatic heterocycles. The molecule has 19 heavy (non-hydrogen) atoms. The molecule has 2 saturated heterocycles. The van der Waals surface area contributed by atoms with Gasteiger partial charge in [0.2, 0.25) is 0 Å². The lowest BCUT2D eigenvalue weighted by atomic mass is 9.87. The van der Waals surface area contributed by atoms with E-state index >= 15 is 0 Å². The summed E-state index contributed by atoms with van der Waals surface area (Å²) < 4.78 is 0. The largest absolute Gasteiger partial charge is 0.481 e. The number of carboxylic acids is 1. The van der Waals surface area contributed by atoms with Gasteiger partial charge in [0.15, 0.2) is 0 Å². The lowest BCUT2D eigenvalue weighted by molar-refractivity contribution is -0.151. The highest BCUT2D eigenvalue weighted by Gasteiger charge is 2.48. The molecule has 2 heterocycles. The van der Waals surface area contributed by atoms with Crippen molar-refractivity contribution in [3.63, 3.8) is 0 Å². The number of piperidine rings is 1. The monoisotopic (exact) mass is 261 g/mol. The summed E-state index contributed by atoms with van der Waals surface area (Å²) in [4.78, 5) is 13.5. The van der Waals surface area contributed by atoms with Crippen LogP contribution in [-0.2, 0) is 11.3 Å². The van der Waals surface area contributed by atoms with Gasteiger partial charge in [-0.1, -0.05) is 30.3 Å². The van der Waals surface area contributed by atoms with Crippen molar-refractivity contribution in [1.29, 1.82) is 0 Å². The van der Waals surface area contributed by atoms with E-state index in [1.807, 2.05) is 18.2 Å². The van der Waals surface area contributed by atoms with Crippen LogP contribution in [0.4, 0.5) is 0 Å². The molecule has 1 aromatic carbocycles. The number of rotatable bonds is 3. The SMILES string of the molecule is O=C(O)[C@@H]1C[C@H]2CC[C@@H]([C@@H]1O)N2Cc1ccccc1. The Morgan fingerprint density at radius 2 is 2.00 bits per heavy atom. The number of aliphatic hydroxyl groups is 1. The Labute approximate surface area is 112 Å². The van der Waals surface area contributed by atoms with Crippen LogP contribution in [0.3, 0.4) is 0 Å². The second kappa shape index (κ2) is 4.94. The van der Waals surface area contributed by atoms with E-state index in [-0.39, 0.29) is 6.04 Å². The van der Waals surface area contributed by atoms with Crippen LogP contribution in [0.2, 0.25) is 0 Å². The van der Waals surface area contributed by atoms with Gasteiger partial charge in [-0.25, -0.2) is 0 Å². The first-order valence-electron chi connectivity index (χ1n) is 6.87. The molecule has 0 radical (unpaired) electrons. The molecule has 0 spiro atoms. The zero-order valence-electron chi connectivity index (χ0n) is 10.8. The third-order valence-electron chi connectivity index (χ3n) is 4.55. The van der Waals surface area contributed by atoms with Crippen LogP contribution in [0, 0.1) is 5.92 Å². The average molecular weight is 261 g/mol. The normalized spacial score (nSPS) is 34.4. The van der Waals surface area contributed by atoms with E-state index in [0.717, 1.165) is 19.4 Å². The quantitative estimate of drug-likeness (QED) is 0.865. The summed E-state index contributed by atoms with van der Waals surface area (Å²) in [6.45, 7) is 0.805. The van der Waals surface area contributed by atoms with Gasteiger partial charge >= 0.3 is 5.97 Å². The summed E-state index contributed by atoms with van der Waals surface area (Å²) in [6.07, 6.45) is 1.74.